The van der Waals surface area contributed by atoms with E-state index in [1.807, 2.05) is 0 Å². The van der Waals surface area contributed by atoms with Crippen LogP contribution in [0.1, 0.15) is 12.8 Å². The summed E-state index contributed by atoms with van der Waals surface area (Å²) in [5, 5.41) is 0. The molecular formula is C9H13N3O2S. The molecule has 1 saturated heterocycles. The molecule has 2 rings (SSSR count). The molecule has 1 N–H and O–H groups in total. The molecule has 1 aliphatic rings. The van der Waals surface area contributed by atoms with Gasteiger partial charge in [0, 0.05) is 19.3 Å². The summed E-state index contributed by atoms with van der Waals surface area (Å²) in [6, 6.07) is 5.12. The van der Waals surface area contributed by atoms with Gasteiger partial charge in [-0.1, -0.05) is 6.07 Å². The molecule has 0 aromatic carbocycles. The van der Waals surface area contributed by atoms with Crippen molar-refractivity contribution in [2.75, 3.05) is 17.8 Å². The van der Waals surface area contributed by atoms with E-state index in [1.54, 1.807) is 24.4 Å². The van der Waals surface area contributed by atoms with Gasteiger partial charge in [-0.2, -0.15) is 12.7 Å². The van der Waals surface area contributed by atoms with Gasteiger partial charge in [-0.25, -0.2) is 4.98 Å². The summed E-state index contributed by atoms with van der Waals surface area (Å²) in [6.45, 7) is 1.20. The van der Waals surface area contributed by atoms with Crippen molar-refractivity contribution < 1.29 is 8.42 Å². The van der Waals surface area contributed by atoms with Crippen molar-refractivity contribution in [1.29, 1.82) is 0 Å². The average Bonchev–Trinajstić information content (AvgIpc) is 2.71. The number of nitrogens with zero attached hydrogens (tertiary/aromatic N) is 2. The van der Waals surface area contributed by atoms with Crippen LogP contribution in [0.2, 0.25) is 0 Å². The SMILES string of the molecule is O=S(=O)(Nc1ccccn1)N1CCCC1. The molecule has 82 valence electrons. The molecule has 2 heterocycles. The number of nitrogens with one attached hydrogen (secondary N) is 1. The first-order valence-corrected chi connectivity index (χ1v) is 6.31. The average molecular weight is 227 g/mol. The predicted molar refractivity (Wildman–Crippen MR) is 57.6 cm³/mol. The third kappa shape index (κ3) is 2.45. The van der Waals surface area contributed by atoms with Crippen LogP contribution in [0.5, 0.6) is 0 Å². The molecule has 0 amide bonds. The molecule has 6 heteroatoms. The fraction of sp³-hybridized carbons (Fsp3) is 0.444. The number of hydrogen-bond acceptors (Lipinski definition) is 3. The fourth-order valence-corrected chi connectivity index (χ4v) is 2.80. The molecule has 0 unspecified atom stereocenters. The first-order chi connectivity index (χ1) is 7.18. The Kier molecular flexibility index (Phi) is 2.88. The summed E-state index contributed by atoms with van der Waals surface area (Å²) in [5.41, 5.74) is 0. The predicted octanol–water partition coefficient (Wildman–Crippen LogP) is 0.834. The third-order valence-electron chi connectivity index (χ3n) is 2.30. The second-order valence-electron chi connectivity index (χ2n) is 3.43. The monoisotopic (exact) mass is 227 g/mol. The molecule has 0 saturated carbocycles. The number of hydrogen-bond donors (Lipinski definition) is 1. The van der Waals surface area contributed by atoms with Crippen molar-refractivity contribution in [1.82, 2.24) is 9.29 Å². The minimum absolute atomic E-state index is 0.365. The Morgan fingerprint density at radius 2 is 2.00 bits per heavy atom. The van der Waals surface area contributed by atoms with Crippen LogP contribution in [0.25, 0.3) is 0 Å². The van der Waals surface area contributed by atoms with Crippen LogP contribution in [-0.2, 0) is 10.2 Å². The van der Waals surface area contributed by atoms with Crippen molar-refractivity contribution in [2.24, 2.45) is 0 Å². The first kappa shape index (κ1) is 10.4. The highest BCUT2D eigenvalue weighted by molar-refractivity contribution is 7.90. The summed E-state index contributed by atoms with van der Waals surface area (Å²) < 4.78 is 27.4. The Labute approximate surface area is 89.3 Å². The standard InChI is InChI=1S/C9H13N3O2S/c13-15(14,12-7-3-4-8-12)11-9-5-1-2-6-10-9/h1-2,5-6H,3-4,7-8H2,(H,10,11). The smallest absolute Gasteiger partial charge is 0.254 e. The summed E-state index contributed by atoms with van der Waals surface area (Å²) >= 11 is 0. The van der Waals surface area contributed by atoms with Gasteiger partial charge in [-0.15, -0.1) is 0 Å². The summed E-state index contributed by atoms with van der Waals surface area (Å²) in [4.78, 5) is 3.92. The molecule has 0 aliphatic carbocycles. The Balaban J connectivity index is 2.11. The molecule has 0 spiro atoms. The van der Waals surface area contributed by atoms with E-state index >= 15 is 0 Å². The van der Waals surface area contributed by atoms with Crippen LogP contribution in [0.15, 0.2) is 24.4 Å². The summed E-state index contributed by atoms with van der Waals surface area (Å²) in [7, 11) is -3.39. The van der Waals surface area contributed by atoms with Gasteiger partial charge in [-0.3, -0.25) is 4.72 Å². The molecule has 0 atom stereocenters. The Morgan fingerprint density at radius 3 is 2.60 bits per heavy atom. The number of anilines is 1. The highest BCUT2D eigenvalue weighted by Gasteiger charge is 2.25. The van der Waals surface area contributed by atoms with Crippen LogP contribution in [-0.4, -0.2) is 30.8 Å². The van der Waals surface area contributed by atoms with Gasteiger partial charge in [0.2, 0.25) is 0 Å². The number of pyridine rings is 1. The van der Waals surface area contributed by atoms with Crippen molar-refractivity contribution in [2.45, 2.75) is 12.8 Å². The Bertz CT molecular complexity index is 412. The highest BCUT2D eigenvalue weighted by atomic mass is 32.2. The zero-order chi connectivity index (χ0) is 10.7. The first-order valence-electron chi connectivity index (χ1n) is 4.87. The minimum Gasteiger partial charge on any atom is -0.254 e. The molecule has 15 heavy (non-hydrogen) atoms. The maximum Gasteiger partial charge on any atom is 0.302 e. The Morgan fingerprint density at radius 1 is 1.27 bits per heavy atom. The maximum absolute atomic E-state index is 11.8. The second kappa shape index (κ2) is 4.16. The zero-order valence-corrected chi connectivity index (χ0v) is 9.07. The van der Waals surface area contributed by atoms with Gasteiger partial charge in [0.05, 0.1) is 0 Å². The van der Waals surface area contributed by atoms with Crippen molar-refractivity contribution >= 4 is 16.0 Å². The van der Waals surface area contributed by atoms with Crippen molar-refractivity contribution in [3.05, 3.63) is 24.4 Å². The molecule has 1 aromatic rings. The van der Waals surface area contributed by atoms with E-state index in [2.05, 4.69) is 9.71 Å². The van der Waals surface area contributed by atoms with Gasteiger partial charge in [0.15, 0.2) is 0 Å². The van der Waals surface area contributed by atoms with E-state index < -0.39 is 10.2 Å². The Hall–Kier alpha value is -1.14. The quantitative estimate of drug-likeness (QED) is 0.832. The van der Waals surface area contributed by atoms with E-state index in [0.717, 1.165) is 12.8 Å². The van der Waals surface area contributed by atoms with Crippen LogP contribution in [0, 0.1) is 0 Å². The fourth-order valence-electron chi connectivity index (χ4n) is 1.55. The van der Waals surface area contributed by atoms with E-state index in [1.165, 1.54) is 4.31 Å². The maximum atomic E-state index is 11.8. The van der Waals surface area contributed by atoms with Crippen LogP contribution in [0.4, 0.5) is 5.82 Å². The van der Waals surface area contributed by atoms with Crippen LogP contribution in [0.3, 0.4) is 0 Å². The molecule has 0 radical (unpaired) electrons. The largest absolute Gasteiger partial charge is 0.302 e. The lowest BCUT2D eigenvalue weighted by atomic mass is 10.4. The molecular weight excluding hydrogens is 214 g/mol. The van der Waals surface area contributed by atoms with Gasteiger partial charge in [0.25, 0.3) is 0 Å². The van der Waals surface area contributed by atoms with Gasteiger partial charge < -0.3 is 0 Å². The molecule has 1 aromatic heterocycles. The molecule has 5 nitrogen and oxygen atoms in total. The highest BCUT2D eigenvalue weighted by Crippen LogP contribution is 2.14. The van der Waals surface area contributed by atoms with Gasteiger partial charge in [-0.05, 0) is 25.0 Å². The van der Waals surface area contributed by atoms with E-state index in [9.17, 15) is 8.42 Å². The molecule has 1 aliphatic heterocycles. The zero-order valence-electron chi connectivity index (χ0n) is 8.26. The second-order valence-corrected chi connectivity index (χ2v) is 5.10. The molecule has 0 bridgehead atoms. The van der Waals surface area contributed by atoms with Gasteiger partial charge >= 0.3 is 10.2 Å². The molecule has 1 fully saturated rings. The van der Waals surface area contributed by atoms with Gasteiger partial charge in [0.1, 0.15) is 5.82 Å². The van der Waals surface area contributed by atoms with E-state index in [-0.39, 0.29) is 0 Å². The topological polar surface area (TPSA) is 62.3 Å². The lowest BCUT2D eigenvalue weighted by Crippen LogP contribution is -2.33. The summed E-state index contributed by atoms with van der Waals surface area (Å²) in [5.74, 6) is 0.365. The number of aromatic nitrogens is 1. The third-order valence-corrected chi connectivity index (χ3v) is 3.82. The van der Waals surface area contributed by atoms with E-state index in [0.29, 0.717) is 18.9 Å². The van der Waals surface area contributed by atoms with E-state index in [4.69, 9.17) is 0 Å². The lowest BCUT2D eigenvalue weighted by Gasteiger charge is -2.15. The van der Waals surface area contributed by atoms with Crippen LogP contribution >= 0.6 is 0 Å². The van der Waals surface area contributed by atoms with Crippen molar-refractivity contribution in [3.8, 4) is 0 Å². The summed E-state index contributed by atoms with van der Waals surface area (Å²) in [6.07, 6.45) is 3.42. The normalized spacial score (nSPS) is 17.9. The van der Waals surface area contributed by atoms with Crippen molar-refractivity contribution in [3.63, 3.8) is 0 Å². The minimum atomic E-state index is -3.39. The number of rotatable bonds is 3. The van der Waals surface area contributed by atoms with Crippen LogP contribution < -0.4 is 4.72 Å². The lowest BCUT2D eigenvalue weighted by molar-refractivity contribution is 0.482.